The fourth-order valence-corrected chi connectivity index (χ4v) is 9.49. The van der Waals surface area contributed by atoms with Crippen LogP contribution in [-0.2, 0) is 11.3 Å². The van der Waals surface area contributed by atoms with Gasteiger partial charge in [-0.1, -0.05) is 65.9 Å². The van der Waals surface area contributed by atoms with E-state index in [9.17, 15) is 9.59 Å². The van der Waals surface area contributed by atoms with Crippen LogP contribution < -0.4 is 10.2 Å². The summed E-state index contributed by atoms with van der Waals surface area (Å²) < 4.78 is 0. The van der Waals surface area contributed by atoms with Gasteiger partial charge in [0.05, 0.1) is 17.1 Å². The lowest BCUT2D eigenvalue weighted by Gasteiger charge is -2.59. The topological polar surface area (TPSA) is 49.4 Å². The van der Waals surface area contributed by atoms with Gasteiger partial charge in [0.2, 0.25) is 0 Å². The molecule has 41 heavy (non-hydrogen) atoms. The lowest BCUT2D eigenvalue weighted by Crippen LogP contribution is -2.55. The van der Waals surface area contributed by atoms with Crippen LogP contribution in [0, 0.1) is 30.1 Å². The van der Waals surface area contributed by atoms with E-state index in [4.69, 9.17) is 0 Å². The molecule has 1 N–H and O–H groups in total. The monoisotopic (exact) mass is 562 g/mol. The van der Waals surface area contributed by atoms with Gasteiger partial charge in [-0.15, -0.1) is 0 Å². The van der Waals surface area contributed by atoms with E-state index < -0.39 is 0 Å². The van der Waals surface area contributed by atoms with Crippen LogP contribution in [0.25, 0.3) is 6.08 Å². The van der Waals surface area contributed by atoms with Crippen molar-refractivity contribution in [1.82, 2.24) is 5.32 Å². The summed E-state index contributed by atoms with van der Waals surface area (Å²) >= 11 is 1.51. The predicted molar refractivity (Wildman–Crippen MR) is 167 cm³/mol. The highest BCUT2D eigenvalue weighted by Gasteiger charge is 2.53. The first-order valence-corrected chi connectivity index (χ1v) is 15.9. The third-order valence-corrected chi connectivity index (χ3v) is 11.2. The number of carbonyl (C=O) groups is 2. The molecule has 4 fully saturated rings. The van der Waals surface area contributed by atoms with Gasteiger partial charge in [-0.05, 0) is 117 Å². The highest BCUT2D eigenvalue weighted by Crippen LogP contribution is 2.61. The van der Waals surface area contributed by atoms with E-state index in [1.54, 1.807) is 0 Å². The van der Waals surface area contributed by atoms with Crippen LogP contribution in [0.2, 0.25) is 0 Å². The number of nitrogens with one attached hydrogen (secondary N) is 1. The lowest BCUT2D eigenvalue weighted by molar-refractivity contribution is -0.114. The maximum atomic E-state index is 13.7. The number of hydrogen-bond acceptors (Lipinski definition) is 3. The predicted octanol–water partition coefficient (Wildman–Crippen LogP) is 8.01. The standard InChI is InChI=1S/C36H38N2O2S/c1-23-6-5-7-26(14-23)22-38-31-8-3-4-9-32(31)41-33(35(38)40)18-25-10-12-30(13-11-25)34(39)37-24(2)36-19-27-15-28(20-36)17-29(16-27)21-36/h3-14,18,24,27-29H,15-17,19-22H2,1-2H3,(H,37,39). The highest BCUT2D eigenvalue weighted by molar-refractivity contribution is 8.04. The Balaban J connectivity index is 1.07. The van der Waals surface area contributed by atoms with Crippen molar-refractivity contribution in [3.63, 3.8) is 0 Å². The summed E-state index contributed by atoms with van der Waals surface area (Å²) in [6, 6.07) is 24.3. The molecule has 2 amide bonds. The Morgan fingerprint density at radius 3 is 2.34 bits per heavy atom. The molecule has 5 aliphatic rings. The van der Waals surface area contributed by atoms with Gasteiger partial charge in [-0.25, -0.2) is 0 Å². The molecule has 1 aliphatic heterocycles. The minimum absolute atomic E-state index is 0.00132. The third-order valence-electron chi connectivity index (χ3n) is 10.1. The van der Waals surface area contributed by atoms with E-state index in [0.717, 1.165) is 39.5 Å². The Bertz CT molecular complexity index is 1490. The number of amides is 2. The Morgan fingerprint density at radius 2 is 1.66 bits per heavy atom. The van der Waals surface area contributed by atoms with E-state index in [0.29, 0.717) is 17.0 Å². The molecular weight excluding hydrogens is 524 g/mol. The molecular formula is C36H38N2O2S. The molecule has 0 spiro atoms. The maximum absolute atomic E-state index is 13.7. The summed E-state index contributed by atoms with van der Waals surface area (Å²) in [5.74, 6) is 2.62. The number of anilines is 1. The van der Waals surface area contributed by atoms with Crippen molar-refractivity contribution in [2.75, 3.05) is 4.90 Å². The number of rotatable bonds is 6. The van der Waals surface area contributed by atoms with Crippen LogP contribution in [-0.4, -0.2) is 17.9 Å². The molecule has 4 nitrogen and oxygen atoms in total. The molecule has 4 saturated carbocycles. The van der Waals surface area contributed by atoms with Crippen molar-refractivity contribution >= 4 is 35.3 Å². The molecule has 8 rings (SSSR count). The molecule has 0 radical (unpaired) electrons. The molecule has 5 heteroatoms. The summed E-state index contributed by atoms with van der Waals surface area (Å²) in [7, 11) is 0. The van der Waals surface area contributed by atoms with Crippen molar-refractivity contribution in [2.45, 2.75) is 69.9 Å². The van der Waals surface area contributed by atoms with E-state index >= 15 is 0 Å². The smallest absolute Gasteiger partial charge is 0.265 e. The molecule has 3 aromatic rings. The third kappa shape index (κ3) is 5.14. The van der Waals surface area contributed by atoms with Crippen LogP contribution in [0.5, 0.6) is 0 Å². The number of hydrogen-bond donors (Lipinski definition) is 1. The van der Waals surface area contributed by atoms with Gasteiger partial charge in [0.1, 0.15) is 0 Å². The molecule has 4 bridgehead atoms. The summed E-state index contributed by atoms with van der Waals surface area (Å²) in [5.41, 5.74) is 5.12. The second kappa shape index (κ2) is 10.5. The zero-order valence-corrected chi connectivity index (χ0v) is 24.8. The van der Waals surface area contributed by atoms with Gasteiger partial charge < -0.3 is 10.2 Å². The molecule has 0 aromatic heterocycles. The van der Waals surface area contributed by atoms with Crippen molar-refractivity contribution in [3.05, 3.63) is 100.0 Å². The first kappa shape index (κ1) is 26.6. The lowest BCUT2D eigenvalue weighted by atomic mass is 9.48. The molecule has 4 aliphatic carbocycles. The van der Waals surface area contributed by atoms with Crippen LogP contribution in [0.4, 0.5) is 5.69 Å². The molecule has 210 valence electrons. The summed E-state index contributed by atoms with van der Waals surface area (Å²) in [6.07, 6.45) is 10.0. The van der Waals surface area contributed by atoms with E-state index in [1.165, 1.54) is 55.9 Å². The van der Waals surface area contributed by atoms with E-state index in [-0.39, 0.29) is 23.3 Å². The number of carbonyl (C=O) groups excluding carboxylic acids is 2. The molecule has 0 saturated heterocycles. The molecule has 1 heterocycles. The fraction of sp³-hybridized carbons (Fsp3) is 0.389. The van der Waals surface area contributed by atoms with Crippen molar-refractivity contribution < 1.29 is 9.59 Å². The number of thioether (sulfide) groups is 1. The largest absolute Gasteiger partial charge is 0.349 e. The molecule has 1 unspecified atom stereocenters. The molecule has 3 aromatic carbocycles. The minimum Gasteiger partial charge on any atom is -0.349 e. The SMILES string of the molecule is Cc1cccc(CN2C(=O)C(=Cc3ccc(C(=O)NC(C)C45CC6CC(CC(C6)C4)C5)cc3)Sc3ccccc32)c1. The number of aryl methyl sites for hydroxylation is 1. The number of benzene rings is 3. The van der Waals surface area contributed by atoms with Gasteiger partial charge in [0.15, 0.2) is 0 Å². The average molecular weight is 563 g/mol. The van der Waals surface area contributed by atoms with Crippen LogP contribution >= 0.6 is 11.8 Å². The number of fused-ring (bicyclic) bond motifs is 1. The quantitative estimate of drug-likeness (QED) is 0.310. The Labute approximate surface area is 247 Å². The van der Waals surface area contributed by atoms with Gasteiger partial charge in [-0.2, -0.15) is 0 Å². The number of para-hydroxylation sites is 1. The van der Waals surface area contributed by atoms with Crippen LogP contribution in [0.3, 0.4) is 0 Å². The van der Waals surface area contributed by atoms with Gasteiger partial charge in [0, 0.05) is 16.5 Å². The second-order valence-electron chi connectivity index (χ2n) is 13.1. The Morgan fingerprint density at radius 1 is 0.976 bits per heavy atom. The van der Waals surface area contributed by atoms with Crippen molar-refractivity contribution in [2.24, 2.45) is 23.2 Å². The van der Waals surface area contributed by atoms with Gasteiger partial charge in [-0.3, -0.25) is 9.59 Å². The summed E-state index contributed by atoms with van der Waals surface area (Å²) in [4.78, 5) is 30.6. The van der Waals surface area contributed by atoms with Crippen molar-refractivity contribution in [3.8, 4) is 0 Å². The fourth-order valence-electron chi connectivity index (χ4n) is 8.44. The van der Waals surface area contributed by atoms with Gasteiger partial charge >= 0.3 is 0 Å². The van der Waals surface area contributed by atoms with E-state index in [1.807, 2.05) is 59.5 Å². The van der Waals surface area contributed by atoms with Crippen LogP contribution in [0.1, 0.15) is 72.5 Å². The van der Waals surface area contributed by atoms with Crippen molar-refractivity contribution in [1.29, 1.82) is 0 Å². The Kier molecular flexibility index (Phi) is 6.81. The first-order chi connectivity index (χ1) is 19.8. The van der Waals surface area contributed by atoms with E-state index in [2.05, 4.69) is 43.4 Å². The summed E-state index contributed by atoms with van der Waals surface area (Å²) in [6.45, 7) is 4.83. The average Bonchev–Trinajstić information content (AvgIpc) is 2.95. The van der Waals surface area contributed by atoms with Crippen LogP contribution in [0.15, 0.2) is 82.6 Å². The first-order valence-electron chi connectivity index (χ1n) is 15.1. The second-order valence-corrected chi connectivity index (χ2v) is 14.1. The Hall–Kier alpha value is -3.31. The maximum Gasteiger partial charge on any atom is 0.265 e. The minimum atomic E-state index is 0.00132. The zero-order valence-electron chi connectivity index (χ0n) is 23.9. The highest BCUT2D eigenvalue weighted by atomic mass is 32.2. The zero-order chi connectivity index (χ0) is 28.1. The normalized spacial score (nSPS) is 28.0. The van der Waals surface area contributed by atoms with Gasteiger partial charge in [0.25, 0.3) is 11.8 Å². The molecule has 1 atom stereocenters. The summed E-state index contributed by atoms with van der Waals surface area (Å²) in [5, 5.41) is 3.39. The number of nitrogens with zero attached hydrogens (tertiary/aromatic N) is 1.